The fourth-order valence-electron chi connectivity index (χ4n) is 2.53. The van der Waals surface area contributed by atoms with Gasteiger partial charge in [-0.05, 0) is 18.5 Å². The zero-order chi connectivity index (χ0) is 19.3. The van der Waals surface area contributed by atoms with Gasteiger partial charge in [-0.25, -0.2) is 0 Å². The van der Waals surface area contributed by atoms with Crippen LogP contribution in [0.25, 0.3) is 0 Å². The highest BCUT2D eigenvalue weighted by molar-refractivity contribution is 5.78. The van der Waals surface area contributed by atoms with E-state index in [1.54, 1.807) is 18.0 Å². The van der Waals surface area contributed by atoms with Crippen molar-refractivity contribution < 1.29 is 27.8 Å². The number of benzene rings is 1. The van der Waals surface area contributed by atoms with E-state index in [-0.39, 0.29) is 48.4 Å². The van der Waals surface area contributed by atoms with Crippen molar-refractivity contribution in [1.82, 2.24) is 10.2 Å². The van der Waals surface area contributed by atoms with Gasteiger partial charge < -0.3 is 15.2 Å². The van der Waals surface area contributed by atoms with Gasteiger partial charge in [0.2, 0.25) is 5.91 Å². The Labute approximate surface area is 145 Å². The Morgan fingerprint density at radius 1 is 1.28 bits per heavy atom. The maximum Gasteiger partial charge on any atom is 0.573 e. The van der Waals surface area contributed by atoms with Gasteiger partial charge in [-0.15, -0.1) is 13.2 Å². The van der Waals surface area contributed by atoms with Gasteiger partial charge in [-0.1, -0.05) is 39.0 Å². The molecule has 5 nitrogen and oxygen atoms in total. The van der Waals surface area contributed by atoms with Gasteiger partial charge in [0.05, 0.1) is 13.2 Å². The van der Waals surface area contributed by atoms with Crippen molar-refractivity contribution in [1.29, 1.82) is 0 Å². The first-order chi connectivity index (χ1) is 11.4. The largest absolute Gasteiger partial charge is 0.573 e. The Balaban J connectivity index is 2.66. The first-order valence-electron chi connectivity index (χ1n) is 7.85. The van der Waals surface area contributed by atoms with Crippen molar-refractivity contribution in [2.45, 2.75) is 39.7 Å². The van der Waals surface area contributed by atoms with Gasteiger partial charge in [0, 0.05) is 18.2 Å². The number of hydrogen-bond acceptors (Lipinski definition) is 4. The van der Waals surface area contributed by atoms with E-state index in [0.717, 1.165) is 0 Å². The lowest BCUT2D eigenvalue weighted by atomic mass is 9.86. The minimum atomic E-state index is -4.79. The van der Waals surface area contributed by atoms with E-state index in [9.17, 15) is 23.1 Å². The maximum absolute atomic E-state index is 12.4. The number of aliphatic hydroxyl groups excluding tert-OH is 1. The number of hydrogen-bond donors (Lipinski definition) is 2. The average molecular weight is 362 g/mol. The molecule has 1 aromatic rings. The number of ether oxygens (including phenoxy) is 1. The lowest BCUT2D eigenvalue weighted by Crippen LogP contribution is -2.48. The number of amides is 1. The van der Waals surface area contributed by atoms with Gasteiger partial charge in [-0.3, -0.25) is 9.69 Å². The fourth-order valence-corrected chi connectivity index (χ4v) is 2.53. The highest BCUT2D eigenvalue weighted by Gasteiger charge is 2.32. The Morgan fingerprint density at radius 3 is 2.40 bits per heavy atom. The summed E-state index contributed by atoms with van der Waals surface area (Å²) in [5.41, 5.74) is 0.00191. The first-order valence-corrected chi connectivity index (χ1v) is 7.85. The van der Waals surface area contributed by atoms with Crippen molar-refractivity contribution >= 4 is 5.91 Å². The number of aliphatic hydroxyl groups is 1. The molecule has 142 valence electrons. The molecule has 1 aromatic carbocycles. The number of para-hydroxylation sites is 1. The molecule has 0 saturated carbocycles. The molecule has 0 aliphatic carbocycles. The predicted octanol–water partition coefficient (Wildman–Crippen LogP) is 2.54. The summed E-state index contributed by atoms with van der Waals surface area (Å²) in [5.74, 6) is -0.696. The second kappa shape index (κ2) is 8.53. The maximum atomic E-state index is 12.4. The normalized spacial score (nSPS) is 13.6. The second-order valence-corrected chi connectivity index (χ2v) is 6.91. The van der Waals surface area contributed by atoms with Gasteiger partial charge >= 0.3 is 6.36 Å². The molecule has 0 aliphatic heterocycles. The third-order valence-electron chi connectivity index (χ3n) is 3.77. The summed E-state index contributed by atoms with van der Waals surface area (Å²) < 4.78 is 41.1. The Morgan fingerprint density at radius 2 is 1.88 bits per heavy atom. The van der Waals surface area contributed by atoms with Crippen LogP contribution in [0.1, 0.15) is 26.3 Å². The molecule has 8 heteroatoms. The molecule has 2 N–H and O–H groups in total. The van der Waals surface area contributed by atoms with Crippen LogP contribution in [-0.2, 0) is 11.3 Å². The van der Waals surface area contributed by atoms with Crippen LogP contribution in [0.5, 0.6) is 5.75 Å². The zero-order valence-corrected chi connectivity index (χ0v) is 14.9. The summed E-state index contributed by atoms with van der Waals surface area (Å²) in [6.07, 6.45) is -4.79. The number of carbonyl (C=O) groups is 1. The van der Waals surface area contributed by atoms with Gasteiger partial charge in [0.15, 0.2) is 0 Å². The molecule has 0 aromatic heterocycles. The van der Waals surface area contributed by atoms with Crippen molar-refractivity contribution in [3.63, 3.8) is 0 Å². The highest BCUT2D eigenvalue weighted by atomic mass is 19.4. The number of nitrogens with one attached hydrogen (secondary N) is 1. The molecule has 0 bridgehead atoms. The number of nitrogens with zero attached hydrogens (tertiary/aromatic N) is 1. The summed E-state index contributed by atoms with van der Waals surface area (Å²) in [5, 5.41) is 12.1. The summed E-state index contributed by atoms with van der Waals surface area (Å²) in [4.78, 5) is 13.8. The number of alkyl halides is 3. The Kier molecular flexibility index (Phi) is 7.25. The minimum absolute atomic E-state index is 0.0186. The van der Waals surface area contributed by atoms with Crippen LogP contribution in [0.4, 0.5) is 13.2 Å². The van der Waals surface area contributed by atoms with E-state index >= 15 is 0 Å². The minimum Gasteiger partial charge on any atom is -0.405 e. The summed E-state index contributed by atoms with van der Waals surface area (Å²) >= 11 is 0. The first kappa shape index (κ1) is 21.2. The SMILES string of the molecule is CN(CC(=O)NCc1ccccc1OC(F)(F)F)[C@H](CO)C(C)(C)C. The molecule has 0 spiro atoms. The number of halogens is 3. The zero-order valence-electron chi connectivity index (χ0n) is 14.9. The van der Waals surface area contributed by atoms with Gasteiger partial charge in [0.1, 0.15) is 5.75 Å². The number of rotatable bonds is 7. The molecule has 0 heterocycles. The third kappa shape index (κ3) is 7.31. The van der Waals surface area contributed by atoms with E-state index in [2.05, 4.69) is 10.1 Å². The molecular formula is C17H25F3N2O3. The molecular weight excluding hydrogens is 337 g/mol. The Hall–Kier alpha value is -1.80. The predicted molar refractivity (Wildman–Crippen MR) is 87.9 cm³/mol. The summed E-state index contributed by atoms with van der Waals surface area (Å²) in [6.45, 7) is 5.69. The molecule has 1 amide bonds. The lowest BCUT2D eigenvalue weighted by molar-refractivity contribution is -0.274. The van der Waals surface area contributed by atoms with Gasteiger partial charge in [0.25, 0.3) is 0 Å². The van der Waals surface area contributed by atoms with Crippen LogP contribution in [0, 0.1) is 5.41 Å². The van der Waals surface area contributed by atoms with Crippen LogP contribution in [-0.4, -0.2) is 48.5 Å². The van der Waals surface area contributed by atoms with Crippen LogP contribution < -0.4 is 10.1 Å². The Bertz CT molecular complexity index is 571. The van der Waals surface area contributed by atoms with Crippen molar-refractivity contribution in [3.8, 4) is 5.75 Å². The topological polar surface area (TPSA) is 61.8 Å². The van der Waals surface area contributed by atoms with Crippen LogP contribution >= 0.6 is 0 Å². The summed E-state index contributed by atoms with van der Waals surface area (Å²) in [6, 6.07) is 5.42. The van der Waals surface area contributed by atoms with Crippen LogP contribution in [0.3, 0.4) is 0 Å². The molecule has 1 atom stereocenters. The van der Waals surface area contributed by atoms with Crippen LogP contribution in [0.2, 0.25) is 0 Å². The second-order valence-electron chi connectivity index (χ2n) is 6.91. The highest BCUT2D eigenvalue weighted by Crippen LogP contribution is 2.26. The monoisotopic (exact) mass is 362 g/mol. The molecule has 0 aliphatic rings. The van der Waals surface area contributed by atoms with E-state index in [4.69, 9.17) is 0 Å². The number of carbonyl (C=O) groups excluding carboxylic acids is 1. The molecule has 1 rings (SSSR count). The summed E-state index contributed by atoms with van der Waals surface area (Å²) in [7, 11) is 1.71. The van der Waals surface area contributed by atoms with Gasteiger partial charge in [-0.2, -0.15) is 0 Å². The molecule has 0 unspecified atom stereocenters. The molecule has 0 saturated heterocycles. The fraction of sp³-hybridized carbons (Fsp3) is 0.588. The van der Waals surface area contributed by atoms with E-state index in [1.165, 1.54) is 18.2 Å². The standard InChI is InChI=1S/C17H25F3N2O3/c1-16(2,3)14(11-23)22(4)10-15(24)21-9-12-7-5-6-8-13(12)25-17(18,19)20/h5-8,14,23H,9-11H2,1-4H3,(H,21,24)/t14-/m1/s1. The van der Waals surface area contributed by atoms with E-state index in [0.29, 0.717) is 0 Å². The molecule has 0 radical (unpaired) electrons. The van der Waals surface area contributed by atoms with Crippen molar-refractivity contribution in [3.05, 3.63) is 29.8 Å². The molecule has 25 heavy (non-hydrogen) atoms. The molecule has 0 fully saturated rings. The van der Waals surface area contributed by atoms with Crippen molar-refractivity contribution in [2.75, 3.05) is 20.2 Å². The third-order valence-corrected chi connectivity index (χ3v) is 3.77. The smallest absolute Gasteiger partial charge is 0.405 e. The quantitative estimate of drug-likeness (QED) is 0.783. The number of likely N-dealkylation sites (N-methyl/N-ethyl adjacent to an activating group) is 1. The van der Waals surface area contributed by atoms with E-state index in [1.807, 2.05) is 20.8 Å². The van der Waals surface area contributed by atoms with E-state index < -0.39 is 6.36 Å². The van der Waals surface area contributed by atoms with Crippen molar-refractivity contribution in [2.24, 2.45) is 5.41 Å². The lowest BCUT2D eigenvalue weighted by Gasteiger charge is -2.36. The van der Waals surface area contributed by atoms with Crippen LogP contribution in [0.15, 0.2) is 24.3 Å². The average Bonchev–Trinajstić information content (AvgIpc) is 2.43.